The molecule has 0 spiro atoms. The zero-order valence-corrected chi connectivity index (χ0v) is 15.0. The number of aromatic nitrogens is 2. The molecule has 0 radical (unpaired) electrons. The molecule has 0 amide bonds. The van der Waals surface area contributed by atoms with Crippen LogP contribution in [0.15, 0.2) is 39.8 Å². The monoisotopic (exact) mass is 329 g/mol. The summed E-state index contributed by atoms with van der Waals surface area (Å²) in [5, 5.41) is 10.5. The Morgan fingerprint density at radius 2 is 1.92 bits per heavy atom. The van der Waals surface area contributed by atoms with Crippen LogP contribution in [0.5, 0.6) is 0 Å². The van der Waals surface area contributed by atoms with Crippen molar-refractivity contribution in [1.82, 2.24) is 20.8 Å². The van der Waals surface area contributed by atoms with Crippen molar-refractivity contribution in [2.45, 2.75) is 45.6 Å². The van der Waals surface area contributed by atoms with E-state index in [-0.39, 0.29) is 5.41 Å². The lowest BCUT2D eigenvalue weighted by Gasteiger charge is -2.11. The van der Waals surface area contributed by atoms with Crippen molar-refractivity contribution in [2.75, 3.05) is 13.6 Å². The lowest BCUT2D eigenvalue weighted by Crippen LogP contribution is -2.37. The normalized spacial score (nSPS) is 12.2. The Morgan fingerprint density at radius 3 is 2.54 bits per heavy atom. The quantitative estimate of drug-likeness (QED) is 0.484. The average molecular weight is 329 g/mol. The van der Waals surface area contributed by atoms with Crippen LogP contribution in [0.2, 0.25) is 0 Å². The van der Waals surface area contributed by atoms with Crippen LogP contribution >= 0.6 is 0 Å². The first kappa shape index (κ1) is 18.0. The van der Waals surface area contributed by atoms with Crippen LogP contribution in [0.4, 0.5) is 0 Å². The van der Waals surface area contributed by atoms with Gasteiger partial charge in [0.2, 0.25) is 5.89 Å². The summed E-state index contributed by atoms with van der Waals surface area (Å²) < 4.78 is 5.28. The predicted molar refractivity (Wildman–Crippen MR) is 96.0 cm³/mol. The molecule has 0 atom stereocenters. The third-order valence-electron chi connectivity index (χ3n) is 3.52. The molecular weight excluding hydrogens is 302 g/mol. The summed E-state index contributed by atoms with van der Waals surface area (Å²) in [6.07, 6.45) is 2.09. The molecule has 1 heterocycles. The molecule has 1 aromatic carbocycles. The van der Waals surface area contributed by atoms with Crippen LogP contribution in [-0.4, -0.2) is 29.7 Å². The first-order valence-corrected chi connectivity index (χ1v) is 8.30. The summed E-state index contributed by atoms with van der Waals surface area (Å²) in [5.74, 6) is 2.02. The van der Waals surface area contributed by atoms with Crippen molar-refractivity contribution in [3.8, 4) is 0 Å². The third-order valence-corrected chi connectivity index (χ3v) is 3.52. The van der Waals surface area contributed by atoms with E-state index in [0.717, 1.165) is 25.3 Å². The topological polar surface area (TPSA) is 75.3 Å². The maximum absolute atomic E-state index is 5.28. The fourth-order valence-electron chi connectivity index (χ4n) is 2.16. The van der Waals surface area contributed by atoms with Crippen LogP contribution < -0.4 is 10.6 Å². The summed E-state index contributed by atoms with van der Waals surface area (Å²) in [5.41, 5.74) is 1.21. The highest BCUT2D eigenvalue weighted by Gasteiger charge is 2.21. The van der Waals surface area contributed by atoms with E-state index in [0.29, 0.717) is 18.3 Å². The molecule has 0 aliphatic rings. The first-order chi connectivity index (χ1) is 11.5. The maximum Gasteiger partial charge on any atom is 0.232 e. The molecule has 0 bridgehead atoms. The van der Waals surface area contributed by atoms with Crippen LogP contribution in [0.1, 0.15) is 44.5 Å². The van der Waals surface area contributed by atoms with Crippen LogP contribution in [-0.2, 0) is 18.4 Å². The molecular formula is C18H27N5O. The molecule has 0 fully saturated rings. The second-order valence-electron chi connectivity index (χ2n) is 6.71. The van der Waals surface area contributed by atoms with Gasteiger partial charge < -0.3 is 15.2 Å². The largest absolute Gasteiger partial charge is 0.356 e. The molecule has 130 valence electrons. The van der Waals surface area contributed by atoms with Gasteiger partial charge in [-0.25, -0.2) is 0 Å². The molecule has 2 rings (SSSR count). The van der Waals surface area contributed by atoms with Gasteiger partial charge in [0, 0.05) is 19.0 Å². The lowest BCUT2D eigenvalue weighted by molar-refractivity contribution is 0.318. The standard InChI is InChI=1S/C18H27N5O/c1-18(2,3)16-22-15(23-24-16)13-21-17(19-4)20-12-8-11-14-9-6-5-7-10-14/h5-7,9-10H,8,11-13H2,1-4H3,(H2,19,20,21). The molecule has 2 N–H and O–H groups in total. The lowest BCUT2D eigenvalue weighted by atomic mass is 9.97. The van der Waals surface area contributed by atoms with E-state index in [4.69, 9.17) is 4.52 Å². The number of hydrogen-bond donors (Lipinski definition) is 2. The minimum absolute atomic E-state index is 0.136. The van der Waals surface area contributed by atoms with E-state index in [1.54, 1.807) is 7.05 Å². The molecule has 0 unspecified atom stereocenters. The highest BCUT2D eigenvalue weighted by molar-refractivity contribution is 5.79. The zero-order valence-electron chi connectivity index (χ0n) is 15.0. The number of nitrogens with zero attached hydrogens (tertiary/aromatic N) is 3. The second kappa shape index (κ2) is 8.47. The minimum Gasteiger partial charge on any atom is -0.356 e. The molecule has 1 aromatic heterocycles. The van der Waals surface area contributed by atoms with Crippen molar-refractivity contribution in [3.63, 3.8) is 0 Å². The third kappa shape index (κ3) is 5.68. The number of rotatable bonds is 6. The molecule has 0 saturated carbocycles. The molecule has 0 aliphatic carbocycles. The van der Waals surface area contributed by atoms with Gasteiger partial charge in [0.1, 0.15) is 0 Å². The van der Waals surface area contributed by atoms with Crippen molar-refractivity contribution in [2.24, 2.45) is 4.99 Å². The van der Waals surface area contributed by atoms with Crippen LogP contribution in [0.3, 0.4) is 0 Å². The summed E-state index contributed by atoms with van der Waals surface area (Å²) in [7, 11) is 1.75. The highest BCUT2D eigenvalue weighted by atomic mass is 16.5. The van der Waals surface area contributed by atoms with Gasteiger partial charge in [-0.1, -0.05) is 56.3 Å². The molecule has 24 heavy (non-hydrogen) atoms. The zero-order chi connectivity index (χ0) is 17.4. The number of hydrogen-bond acceptors (Lipinski definition) is 4. The van der Waals surface area contributed by atoms with E-state index >= 15 is 0 Å². The second-order valence-corrected chi connectivity index (χ2v) is 6.71. The Balaban J connectivity index is 1.71. The van der Waals surface area contributed by atoms with E-state index in [1.165, 1.54) is 5.56 Å². The predicted octanol–water partition coefficient (Wildman–Crippen LogP) is 2.66. The smallest absolute Gasteiger partial charge is 0.232 e. The number of aryl methyl sites for hydroxylation is 1. The Labute approximate surface area is 143 Å². The maximum atomic E-state index is 5.28. The summed E-state index contributed by atoms with van der Waals surface area (Å²) in [4.78, 5) is 8.61. The molecule has 0 saturated heterocycles. The fraction of sp³-hybridized carbons (Fsp3) is 0.500. The van der Waals surface area contributed by atoms with Crippen molar-refractivity contribution < 1.29 is 4.52 Å². The highest BCUT2D eigenvalue weighted by Crippen LogP contribution is 2.19. The Kier molecular flexibility index (Phi) is 6.35. The number of aliphatic imine (C=N–C) groups is 1. The summed E-state index contributed by atoms with van der Waals surface area (Å²) in [6, 6.07) is 10.5. The van der Waals surface area contributed by atoms with Gasteiger partial charge in [0.25, 0.3) is 0 Å². The fourth-order valence-corrected chi connectivity index (χ4v) is 2.16. The van der Waals surface area contributed by atoms with Crippen molar-refractivity contribution in [1.29, 1.82) is 0 Å². The molecule has 6 nitrogen and oxygen atoms in total. The van der Waals surface area contributed by atoms with Crippen LogP contribution in [0.25, 0.3) is 0 Å². The Hall–Kier alpha value is -2.37. The van der Waals surface area contributed by atoms with E-state index in [9.17, 15) is 0 Å². The van der Waals surface area contributed by atoms with Crippen molar-refractivity contribution in [3.05, 3.63) is 47.6 Å². The van der Waals surface area contributed by atoms with E-state index < -0.39 is 0 Å². The molecule has 2 aromatic rings. The van der Waals surface area contributed by atoms with Gasteiger partial charge in [-0.05, 0) is 18.4 Å². The first-order valence-electron chi connectivity index (χ1n) is 8.30. The molecule has 6 heteroatoms. The number of nitrogens with one attached hydrogen (secondary N) is 2. The van der Waals surface area contributed by atoms with Crippen molar-refractivity contribution >= 4 is 5.96 Å². The van der Waals surface area contributed by atoms with Gasteiger partial charge >= 0.3 is 0 Å². The Bertz CT molecular complexity index is 643. The van der Waals surface area contributed by atoms with Gasteiger partial charge in [-0.2, -0.15) is 4.98 Å². The van der Waals surface area contributed by atoms with E-state index in [2.05, 4.69) is 50.0 Å². The minimum atomic E-state index is -0.136. The van der Waals surface area contributed by atoms with Gasteiger partial charge in [0.15, 0.2) is 11.8 Å². The summed E-state index contributed by atoms with van der Waals surface area (Å²) in [6.45, 7) is 7.48. The van der Waals surface area contributed by atoms with E-state index in [1.807, 2.05) is 26.8 Å². The van der Waals surface area contributed by atoms with Gasteiger partial charge in [0.05, 0.1) is 6.54 Å². The van der Waals surface area contributed by atoms with Crippen LogP contribution in [0, 0.1) is 0 Å². The SMILES string of the molecule is CN=C(NCCCc1ccccc1)NCc1noc(C(C)(C)C)n1. The Morgan fingerprint density at radius 1 is 1.17 bits per heavy atom. The van der Waals surface area contributed by atoms with Gasteiger partial charge in [-0.15, -0.1) is 0 Å². The van der Waals surface area contributed by atoms with Gasteiger partial charge in [-0.3, -0.25) is 4.99 Å². The average Bonchev–Trinajstić information content (AvgIpc) is 3.04. The molecule has 0 aliphatic heterocycles. The summed E-state index contributed by atoms with van der Waals surface area (Å²) >= 11 is 0. The number of guanidine groups is 1. The number of benzene rings is 1.